The van der Waals surface area contributed by atoms with Crippen molar-refractivity contribution < 1.29 is 0 Å². The summed E-state index contributed by atoms with van der Waals surface area (Å²) in [6.07, 6.45) is 0. The van der Waals surface area contributed by atoms with Gasteiger partial charge in [-0.1, -0.05) is 50.1 Å². The maximum absolute atomic E-state index is 3.45. The van der Waals surface area contributed by atoms with E-state index in [-0.39, 0.29) is 5.41 Å². The monoisotopic (exact) mass is 260 g/mol. The fourth-order valence-corrected chi connectivity index (χ4v) is 3.37. The zero-order valence-corrected chi connectivity index (χ0v) is 13.1. The van der Waals surface area contributed by atoms with Gasteiger partial charge in [-0.2, -0.15) is 0 Å². The minimum Gasteiger partial charge on any atom is -0.314 e. The lowest BCUT2D eigenvalue weighted by atomic mass is 9.80. The molecule has 2 heteroatoms. The smallest absolute Gasteiger partial charge is 0.0397 e. The minimum atomic E-state index is 0.261. The predicted molar refractivity (Wildman–Crippen MR) is 82.6 cm³/mol. The van der Waals surface area contributed by atoms with Crippen molar-refractivity contribution in [3.05, 3.63) is 34.9 Å². The zero-order chi connectivity index (χ0) is 14.0. The lowest BCUT2D eigenvalue weighted by Crippen LogP contribution is -2.48. The summed E-state index contributed by atoms with van der Waals surface area (Å²) in [6.45, 7) is 16.0. The number of benzene rings is 1. The van der Waals surface area contributed by atoms with Crippen LogP contribution in [0.1, 0.15) is 43.5 Å². The average molecular weight is 260 g/mol. The Bertz CT molecular complexity index is 405. The normalized spacial score (nSPS) is 19.4. The fraction of sp³-hybridized carbons (Fsp3) is 0.647. The van der Waals surface area contributed by atoms with Crippen LogP contribution in [-0.4, -0.2) is 31.1 Å². The molecule has 0 amide bonds. The third-order valence-corrected chi connectivity index (χ3v) is 3.90. The van der Waals surface area contributed by atoms with Crippen LogP contribution in [0.2, 0.25) is 0 Å². The molecule has 0 unspecified atom stereocenters. The number of rotatable bonds is 2. The van der Waals surface area contributed by atoms with E-state index in [9.17, 15) is 0 Å². The van der Waals surface area contributed by atoms with Crippen LogP contribution >= 0.6 is 0 Å². The summed E-state index contributed by atoms with van der Waals surface area (Å²) in [5.41, 5.74) is 4.49. The van der Waals surface area contributed by atoms with Gasteiger partial charge in [-0.15, -0.1) is 0 Å². The fourth-order valence-electron chi connectivity index (χ4n) is 3.37. The molecule has 2 rings (SSSR count). The quantitative estimate of drug-likeness (QED) is 0.878. The number of nitrogens with zero attached hydrogens (tertiary/aromatic N) is 1. The van der Waals surface area contributed by atoms with Gasteiger partial charge in [0.15, 0.2) is 0 Å². The highest BCUT2D eigenvalue weighted by Gasteiger charge is 2.32. The Balaban J connectivity index is 2.36. The molecule has 0 aromatic heterocycles. The first-order valence-corrected chi connectivity index (χ1v) is 7.41. The molecule has 0 aliphatic carbocycles. The van der Waals surface area contributed by atoms with E-state index in [0.29, 0.717) is 6.04 Å². The van der Waals surface area contributed by atoms with E-state index in [4.69, 9.17) is 0 Å². The van der Waals surface area contributed by atoms with Gasteiger partial charge >= 0.3 is 0 Å². The summed E-state index contributed by atoms with van der Waals surface area (Å²) >= 11 is 0. The van der Waals surface area contributed by atoms with Crippen LogP contribution in [0.5, 0.6) is 0 Å². The highest BCUT2D eigenvalue weighted by molar-refractivity contribution is 5.31. The van der Waals surface area contributed by atoms with Gasteiger partial charge in [-0.05, 0) is 24.8 Å². The number of piperazine rings is 1. The third kappa shape index (κ3) is 3.58. The van der Waals surface area contributed by atoms with Gasteiger partial charge in [-0.25, -0.2) is 0 Å². The van der Waals surface area contributed by atoms with Crippen molar-refractivity contribution in [3.63, 3.8) is 0 Å². The zero-order valence-electron chi connectivity index (χ0n) is 13.1. The summed E-state index contributed by atoms with van der Waals surface area (Å²) in [5.74, 6) is 0. The van der Waals surface area contributed by atoms with Crippen molar-refractivity contribution in [2.75, 3.05) is 26.2 Å². The molecule has 0 radical (unpaired) electrons. The largest absolute Gasteiger partial charge is 0.314 e. The first kappa shape index (κ1) is 14.5. The van der Waals surface area contributed by atoms with Crippen LogP contribution < -0.4 is 5.32 Å². The van der Waals surface area contributed by atoms with Gasteiger partial charge in [0.1, 0.15) is 0 Å². The molecular formula is C17H28N2. The van der Waals surface area contributed by atoms with Crippen LogP contribution in [0.25, 0.3) is 0 Å². The van der Waals surface area contributed by atoms with Gasteiger partial charge < -0.3 is 5.32 Å². The van der Waals surface area contributed by atoms with Gasteiger partial charge in [-0.3, -0.25) is 4.90 Å². The van der Waals surface area contributed by atoms with E-state index in [1.807, 2.05) is 0 Å². The number of nitrogens with one attached hydrogen (secondary N) is 1. The summed E-state index contributed by atoms with van der Waals surface area (Å²) in [4.78, 5) is 2.64. The summed E-state index contributed by atoms with van der Waals surface area (Å²) in [6, 6.07) is 7.50. The molecule has 1 saturated heterocycles. The van der Waals surface area contributed by atoms with E-state index in [2.05, 4.69) is 63.0 Å². The van der Waals surface area contributed by atoms with Crippen molar-refractivity contribution in [2.24, 2.45) is 5.41 Å². The molecule has 0 spiro atoms. The maximum Gasteiger partial charge on any atom is 0.0397 e. The standard InChI is InChI=1S/C17H28N2/c1-13-10-14(2)12-15(11-13)16(17(3,4)5)19-8-6-18-7-9-19/h10-12,16,18H,6-9H2,1-5H3/t16-/m1/s1. The van der Waals surface area contributed by atoms with E-state index in [0.717, 1.165) is 26.2 Å². The Hall–Kier alpha value is -0.860. The lowest BCUT2D eigenvalue weighted by molar-refractivity contribution is 0.0861. The van der Waals surface area contributed by atoms with Gasteiger partial charge in [0.05, 0.1) is 0 Å². The molecule has 1 atom stereocenters. The van der Waals surface area contributed by atoms with Crippen molar-refractivity contribution in [3.8, 4) is 0 Å². The van der Waals surface area contributed by atoms with Crippen LogP contribution in [-0.2, 0) is 0 Å². The second kappa shape index (κ2) is 5.64. The third-order valence-electron chi connectivity index (χ3n) is 3.90. The first-order valence-electron chi connectivity index (χ1n) is 7.41. The predicted octanol–water partition coefficient (Wildman–Crippen LogP) is 3.30. The first-order chi connectivity index (χ1) is 8.88. The van der Waals surface area contributed by atoms with Crippen LogP contribution in [0, 0.1) is 19.3 Å². The van der Waals surface area contributed by atoms with Crippen LogP contribution in [0.4, 0.5) is 0 Å². The molecule has 0 saturated carbocycles. The summed E-state index contributed by atoms with van der Waals surface area (Å²) in [5, 5.41) is 3.45. The van der Waals surface area contributed by atoms with Crippen LogP contribution in [0.15, 0.2) is 18.2 Å². The van der Waals surface area contributed by atoms with E-state index < -0.39 is 0 Å². The average Bonchev–Trinajstić information content (AvgIpc) is 2.27. The molecule has 1 fully saturated rings. The van der Waals surface area contributed by atoms with Crippen molar-refractivity contribution >= 4 is 0 Å². The van der Waals surface area contributed by atoms with Crippen LogP contribution in [0.3, 0.4) is 0 Å². The van der Waals surface area contributed by atoms with Crippen molar-refractivity contribution in [1.82, 2.24) is 10.2 Å². The Morgan fingerprint density at radius 1 is 1.00 bits per heavy atom. The van der Waals surface area contributed by atoms with Crippen molar-refractivity contribution in [1.29, 1.82) is 0 Å². The molecule has 106 valence electrons. The number of hydrogen-bond acceptors (Lipinski definition) is 2. The molecule has 1 heterocycles. The Morgan fingerprint density at radius 2 is 1.53 bits per heavy atom. The summed E-state index contributed by atoms with van der Waals surface area (Å²) < 4.78 is 0. The van der Waals surface area contributed by atoms with Gasteiger partial charge in [0.2, 0.25) is 0 Å². The van der Waals surface area contributed by atoms with Gasteiger partial charge in [0.25, 0.3) is 0 Å². The van der Waals surface area contributed by atoms with E-state index >= 15 is 0 Å². The Morgan fingerprint density at radius 3 is 2.00 bits per heavy atom. The molecule has 1 aliphatic heterocycles. The minimum absolute atomic E-state index is 0.261. The molecule has 1 aromatic rings. The molecule has 1 N–H and O–H groups in total. The number of hydrogen-bond donors (Lipinski definition) is 1. The maximum atomic E-state index is 3.45. The second-order valence-electron chi connectivity index (χ2n) is 6.98. The number of aryl methyl sites for hydroxylation is 2. The highest BCUT2D eigenvalue weighted by Crippen LogP contribution is 2.38. The summed E-state index contributed by atoms with van der Waals surface area (Å²) in [7, 11) is 0. The van der Waals surface area contributed by atoms with E-state index in [1.165, 1.54) is 16.7 Å². The second-order valence-corrected chi connectivity index (χ2v) is 6.98. The Labute approximate surface area is 118 Å². The van der Waals surface area contributed by atoms with E-state index in [1.54, 1.807) is 0 Å². The highest BCUT2D eigenvalue weighted by atomic mass is 15.2. The SMILES string of the molecule is Cc1cc(C)cc([C@@H](N2CCNCC2)C(C)(C)C)c1. The van der Waals surface area contributed by atoms with Crippen molar-refractivity contribution in [2.45, 2.75) is 40.7 Å². The molecule has 2 nitrogen and oxygen atoms in total. The molecular weight excluding hydrogens is 232 g/mol. The molecule has 1 aliphatic rings. The topological polar surface area (TPSA) is 15.3 Å². The molecule has 19 heavy (non-hydrogen) atoms. The lowest BCUT2D eigenvalue weighted by Gasteiger charge is -2.43. The molecule has 1 aromatic carbocycles. The Kier molecular flexibility index (Phi) is 4.32. The molecule has 0 bridgehead atoms. The van der Waals surface area contributed by atoms with Gasteiger partial charge in [0, 0.05) is 32.2 Å².